The Labute approximate surface area is 159 Å². The fourth-order valence-corrected chi connectivity index (χ4v) is 2.34. The highest BCUT2D eigenvalue weighted by molar-refractivity contribution is 6.09. The Bertz CT molecular complexity index is 771. The molecule has 27 heavy (non-hydrogen) atoms. The number of nitrogens with zero attached hydrogens (tertiary/aromatic N) is 4. The van der Waals surface area contributed by atoms with Gasteiger partial charge in [0.25, 0.3) is 0 Å². The second kappa shape index (κ2) is 10.2. The summed E-state index contributed by atoms with van der Waals surface area (Å²) in [5.41, 5.74) is 1.88. The van der Waals surface area contributed by atoms with Crippen molar-refractivity contribution in [1.29, 1.82) is 0 Å². The number of hydrogen-bond acceptors (Lipinski definition) is 6. The summed E-state index contributed by atoms with van der Waals surface area (Å²) in [4.78, 5) is 15.2. The average molecular weight is 368 g/mol. The van der Waals surface area contributed by atoms with Crippen molar-refractivity contribution < 1.29 is 9.47 Å². The predicted molar refractivity (Wildman–Crippen MR) is 109 cm³/mol. The molecule has 2 aromatic rings. The maximum Gasteiger partial charge on any atom is 0.159 e. The summed E-state index contributed by atoms with van der Waals surface area (Å²) in [6, 6.07) is 14.2. The molecule has 2 aromatic carbocycles. The smallest absolute Gasteiger partial charge is 0.159 e. The van der Waals surface area contributed by atoms with E-state index < -0.39 is 0 Å². The molecule has 0 amide bonds. The Morgan fingerprint density at radius 3 is 2.30 bits per heavy atom. The van der Waals surface area contributed by atoms with E-state index in [4.69, 9.17) is 9.47 Å². The minimum absolute atomic E-state index is 0.184. The van der Waals surface area contributed by atoms with Crippen LogP contribution < -0.4 is 9.75 Å². The predicted octanol–water partition coefficient (Wildman–Crippen LogP) is 4.59. The zero-order valence-electron chi connectivity index (χ0n) is 15.8. The van der Waals surface area contributed by atoms with Gasteiger partial charge in [-0.25, -0.2) is 10.0 Å². The number of hydrogen-bond donors (Lipinski definition) is 0. The average Bonchev–Trinajstić information content (AvgIpc) is 2.70. The molecule has 0 aliphatic rings. The number of anilines is 1. The third-order valence-corrected chi connectivity index (χ3v) is 3.65. The van der Waals surface area contributed by atoms with Gasteiger partial charge in [-0.2, -0.15) is 5.10 Å². The van der Waals surface area contributed by atoms with Gasteiger partial charge in [0, 0.05) is 12.3 Å². The third kappa shape index (κ3) is 5.72. The van der Waals surface area contributed by atoms with Crippen LogP contribution in [0.4, 0.5) is 11.4 Å². The van der Waals surface area contributed by atoms with Crippen LogP contribution in [0.25, 0.3) is 0 Å². The van der Waals surface area contributed by atoms with Gasteiger partial charge < -0.3 is 9.47 Å². The third-order valence-electron chi connectivity index (χ3n) is 3.65. The minimum atomic E-state index is 0.184. The molecule has 0 saturated carbocycles. The molecule has 7 heteroatoms. The standard InChI is InChI=1S/C20H24N4O3/c1-15(2)13-27-14-22-20(16-5-7-17(23-25)8-6-16)24(21-3)18-9-11-19(26-4)12-10-18/h5-12,15H,3,13-14H2,1-2,4H3/b22-20-. The number of amidine groups is 1. The van der Waals surface area contributed by atoms with Crippen LogP contribution in [0, 0.1) is 10.8 Å². The maximum absolute atomic E-state index is 10.7. The molecule has 0 heterocycles. The first-order valence-corrected chi connectivity index (χ1v) is 8.55. The molecule has 0 N–H and O–H groups in total. The van der Waals surface area contributed by atoms with E-state index in [1.54, 1.807) is 36.4 Å². The van der Waals surface area contributed by atoms with Gasteiger partial charge in [0.1, 0.15) is 18.2 Å². The lowest BCUT2D eigenvalue weighted by Gasteiger charge is -2.21. The first kappa shape index (κ1) is 20.3. The van der Waals surface area contributed by atoms with Gasteiger partial charge in [0.15, 0.2) is 5.84 Å². The van der Waals surface area contributed by atoms with Crippen LogP contribution in [-0.2, 0) is 4.74 Å². The van der Waals surface area contributed by atoms with Crippen molar-refractivity contribution in [3.05, 3.63) is 59.0 Å². The van der Waals surface area contributed by atoms with Crippen molar-refractivity contribution in [2.75, 3.05) is 25.5 Å². The SMILES string of the molecule is C=NN(/C(=N\COCC(C)C)c1ccc(N=O)cc1)c1ccc(OC)cc1. The van der Waals surface area contributed by atoms with Crippen molar-refractivity contribution in [3.8, 4) is 5.75 Å². The quantitative estimate of drug-likeness (QED) is 0.213. The largest absolute Gasteiger partial charge is 0.497 e. The molecule has 0 unspecified atom stereocenters. The van der Waals surface area contributed by atoms with E-state index in [0.29, 0.717) is 24.0 Å². The molecule has 7 nitrogen and oxygen atoms in total. The number of methoxy groups -OCH3 is 1. The zero-order chi connectivity index (χ0) is 19.6. The van der Waals surface area contributed by atoms with Crippen molar-refractivity contribution in [3.63, 3.8) is 0 Å². The summed E-state index contributed by atoms with van der Waals surface area (Å²) in [6.45, 7) is 8.61. The fourth-order valence-electron chi connectivity index (χ4n) is 2.34. The number of nitroso groups, excluding NO2 is 1. The molecule has 142 valence electrons. The van der Waals surface area contributed by atoms with Crippen LogP contribution in [0.15, 0.2) is 63.8 Å². The zero-order valence-corrected chi connectivity index (χ0v) is 15.8. The second-order valence-electron chi connectivity index (χ2n) is 6.16. The molecule has 0 aliphatic heterocycles. The molecule has 0 aromatic heterocycles. The number of hydrazone groups is 1. The number of aliphatic imine (C=N–C) groups is 1. The fraction of sp³-hybridized carbons (Fsp3) is 0.300. The lowest BCUT2D eigenvalue weighted by molar-refractivity contribution is 0.117. The van der Waals surface area contributed by atoms with E-state index >= 15 is 0 Å². The summed E-state index contributed by atoms with van der Waals surface area (Å²) in [7, 11) is 1.61. The van der Waals surface area contributed by atoms with E-state index in [1.165, 1.54) is 0 Å². The summed E-state index contributed by atoms with van der Waals surface area (Å²) >= 11 is 0. The van der Waals surface area contributed by atoms with Crippen LogP contribution in [0.3, 0.4) is 0 Å². The highest BCUT2D eigenvalue weighted by Gasteiger charge is 2.15. The number of rotatable bonds is 9. The maximum atomic E-state index is 10.7. The van der Waals surface area contributed by atoms with Gasteiger partial charge in [0.05, 0.1) is 19.4 Å². The van der Waals surface area contributed by atoms with Crippen molar-refractivity contribution in [2.24, 2.45) is 21.2 Å². The molecule has 0 saturated heterocycles. The van der Waals surface area contributed by atoms with Crippen LogP contribution in [0.5, 0.6) is 5.75 Å². The summed E-state index contributed by atoms with van der Waals surface area (Å²) in [6.07, 6.45) is 0. The van der Waals surface area contributed by atoms with Crippen LogP contribution in [0.2, 0.25) is 0 Å². The van der Waals surface area contributed by atoms with Crippen molar-refractivity contribution >= 4 is 23.9 Å². The number of ether oxygens (including phenoxy) is 2. The molecule has 0 radical (unpaired) electrons. The first-order chi connectivity index (χ1) is 13.1. The van der Waals surface area contributed by atoms with Crippen molar-refractivity contribution in [2.45, 2.75) is 13.8 Å². The Kier molecular flexibility index (Phi) is 7.63. The van der Waals surface area contributed by atoms with Gasteiger partial charge >= 0.3 is 0 Å². The van der Waals surface area contributed by atoms with E-state index in [1.807, 2.05) is 24.3 Å². The van der Waals surface area contributed by atoms with Gasteiger partial charge in [-0.05, 0) is 59.6 Å². The first-order valence-electron chi connectivity index (χ1n) is 8.55. The van der Waals surface area contributed by atoms with E-state index in [-0.39, 0.29) is 6.73 Å². The van der Waals surface area contributed by atoms with Crippen molar-refractivity contribution in [1.82, 2.24) is 0 Å². The Balaban J connectivity index is 2.36. The van der Waals surface area contributed by atoms with Gasteiger partial charge in [0.2, 0.25) is 0 Å². The molecule has 0 atom stereocenters. The summed E-state index contributed by atoms with van der Waals surface area (Å²) in [5, 5.41) is 8.66. The van der Waals surface area contributed by atoms with Gasteiger partial charge in [-0.3, -0.25) is 0 Å². The topological polar surface area (TPSA) is 75.9 Å². The van der Waals surface area contributed by atoms with E-state index in [9.17, 15) is 4.91 Å². The molecule has 0 spiro atoms. The van der Waals surface area contributed by atoms with Crippen LogP contribution >= 0.6 is 0 Å². The lowest BCUT2D eigenvalue weighted by Crippen LogP contribution is -2.27. The normalized spacial score (nSPS) is 11.3. The monoisotopic (exact) mass is 368 g/mol. The van der Waals surface area contributed by atoms with Gasteiger partial charge in [-0.15, -0.1) is 4.91 Å². The molecule has 0 bridgehead atoms. The Hall–Kier alpha value is -3.06. The van der Waals surface area contributed by atoms with Crippen LogP contribution in [0.1, 0.15) is 19.4 Å². The Morgan fingerprint density at radius 1 is 1.11 bits per heavy atom. The highest BCUT2D eigenvalue weighted by Crippen LogP contribution is 2.23. The van der Waals surface area contributed by atoms with E-state index in [0.717, 1.165) is 17.0 Å². The van der Waals surface area contributed by atoms with Crippen LogP contribution in [-0.4, -0.2) is 33.0 Å². The molecule has 0 fully saturated rings. The second-order valence-corrected chi connectivity index (χ2v) is 6.16. The minimum Gasteiger partial charge on any atom is -0.497 e. The molecule has 0 aliphatic carbocycles. The molecular formula is C20H24N4O3. The number of benzene rings is 2. The molecule has 2 rings (SSSR count). The summed E-state index contributed by atoms with van der Waals surface area (Å²) < 4.78 is 10.8. The Morgan fingerprint density at radius 2 is 1.78 bits per heavy atom. The van der Waals surface area contributed by atoms with Gasteiger partial charge in [-0.1, -0.05) is 13.8 Å². The lowest BCUT2D eigenvalue weighted by atomic mass is 10.1. The van der Waals surface area contributed by atoms with E-state index in [2.05, 4.69) is 35.8 Å². The summed E-state index contributed by atoms with van der Waals surface area (Å²) in [5.74, 6) is 1.70. The highest BCUT2D eigenvalue weighted by atomic mass is 16.5. The molecular weight excluding hydrogens is 344 g/mol.